The zero-order valence-electron chi connectivity index (χ0n) is 41.9. The molecule has 0 bridgehead atoms. The van der Waals surface area contributed by atoms with E-state index in [-0.39, 0.29) is 34.4 Å². The summed E-state index contributed by atoms with van der Waals surface area (Å²) in [6.07, 6.45) is -0.820. The van der Waals surface area contributed by atoms with E-state index in [1.165, 1.54) is 84.2 Å². The molecule has 16 nitrogen and oxygen atoms in total. The van der Waals surface area contributed by atoms with Gasteiger partial charge in [-0.15, -0.1) is 33.3 Å². The molecule has 2 aromatic heterocycles. The molecule has 20 heteroatoms. The second-order valence-electron chi connectivity index (χ2n) is 17.6. The SMILES string of the molecule is CON=C(C(=O)N[C@@H]1C(=O)N2C(C(=O)OC(c3ccccc3)c3ccccc3)=C(CSc3nnc(-c4ccc(OC(C)=O)c(OC(C)=O)c4)s3)CS[C@@H]12)c1csc(NC(c2ccccc2)(c2ccccc2)c2ccccc2)n1. The Morgan fingerprint density at radius 1 is 0.756 bits per heavy atom. The number of thiazole rings is 1. The fourth-order valence-electron chi connectivity index (χ4n) is 9.06. The van der Waals surface area contributed by atoms with Crippen LogP contribution in [-0.2, 0) is 39.1 Å². The highest BCUT2D eigenvalue weighted by atomic mass is 32.2. The smallest absolute Gasteiger partial charge is 0.356 e. The Morgan fingerprint density at radius 3 is 1.88 bits per heavy atom. The van der Waals surface area contributed by atoms with E-state index in [1.54, 1.807) is 11.4 Å². The maximum absolute atomic E-state index is 14.9. The van der Waals surface area contributed by atoms with Crippen LogP contribution in [0.2, 0.25) is 0 Å². The number of nitrogens with one attached hydrogen (secondary N) is 2. The van der Waals surface area contributed by atoms with Gasteiger partial charge in [0.1, 0.15) is 40.5 Å². The molecule has 0 aliphatic carbocycles. The second kappa shape index (κ2) is 23.9. The summed E-state index contributed by atoms with van der Waals surface area (Å²) >= 11 is 5.24. The Kier molecular flexibility index (Phi) is 16.2. The van der Waals surface area contributed by atoms with Crippen molar-refractivity contribution in [3.8, 4) is 22.1 Å². The molecule has 2 aliphatic rings. The highest BCUT2D eigenvalue weighted by molar-refractivity contribution is 8.01. The third kappa shape index (κ3) is 11.3. The summed E-state index contributed by atoms with van der Waals surface area (Å²) in [4.78, 5) is 79.0. The van der Waals surface area contributed by atoms with Gasteiger partial charge in [-0.25, -0.2) is 9.78 Å². The van der Waals surface area contributed by atoms with Crippen LogP contribution in [0.4, 0.5) is 5.13 Å². The van der Waals surface area contributed by atoms with Crippen LogP contribution in [0, 0.1) is 0 Å². The van der Waals surface area contributed by atoms with Crippen molar-refractivity contribution >= 4 is 86.8 Å². The van der Waals surface area contributed by atoms with Crippen LogP contribution in [0.15, 0.2) is 196 Å². The number of hydrogen-bond donors (Lipinski definition) is 2. The Hall–Kier alpha value is -8.43. The van der Waals surface area contributed by atoms with Crippen molar-refractivity contribution in [2.24, 2.45) is 5.16 Å². The lowest BCUT2D eigenvalue weighted by Gasteiger charge is -2.49. The van der Waals surface area contributed by atoms with Crippen LogP contribution < -0.4 is 20.1 Å². The van der Waals surface area contributed by atoms with Gasteiger partial charge in [-0.2, -0.15) is 0 Å². The molecule has 78 heavy (non-hydrogen) atoms. The lowest BCUT2D eigenvalue weighted by Crippen LogP contribution is -2.71. The molecule has 392 valence electrons. The van der Waals surface area contributed by atoms with Crippen molar-refractivity contribution in [2.75, 3.05) is 23.9 Å². The number of aromatic nitrogens is 3. The maximum atomic E-state index is 14.9. The maximum Gasteiger partial charge on any atom is 0.356 e. The van der Waals surface area contributed by atoms with E-state index in [0.717, 1.165) is 27.8 Å². The average Bonchev–Trinajstić information content (AvgIpc) is 4.16. The number of β-lactam (4-membered cyclic amide) rings is 1. The molecule has 2 amide bonds. The van der Waals surface area contributed by atoms with Crippen molar-refractivity contribution in [3.63, 3.8) is 0 Å². The van der Waals surface area contributed by atoms with Crippen LogP contribution in [-0.4, -0.2) is 85.5 Å². The van der Waals surface area contributed by atoms with Crippen LogP contribution in [0.3, 0.4) is 0 Å². The van der Waals surface area contributed by atoms with Crippen molar-refractivity contribution in [1.82, 2.24) is 25.4 Å². The van der Waals surface area contributed by atoms with Crippen molar-refractivity contribution < 1.29 is 43.0 Å². The number of fused-ring (bicyclic) bond motifs is 1. The molecule has 0 radical (unpaired) electrons. The van der Waals surface area contributed by atoms with E-state index in [1.807, 2.05) is 115 Å². The highest BCUT2D eigenvalue weighted by Crippen LogP contribution is 2.45. The van der Waals surface area contributed by atoms with Gasteiger partial charge in [0, 0.05) is 36.3 Å². The summed E-state index contributed by atoms with van der Waals surface area (Å²) in [7, 11) is 1.33. The van der Waals surface area contributed by atoms with Gasteiger partial charge >= 0.3 is 17.9 Å². The molecule has 0 spiro atoms. The van der Waals surface area contributed by atoms with Gasteiger partial charge in [-0.3, -0.25) is 24.1 Å². The van der Waals surface area contributed by atoms with Crippen molar-refractivity contribution in [3.05, 3.63) is 220 Å². The minimum atomic E-state index is -1.06. The van der Waals surface area contributed by atoms with Gasteiger partial charge in [0.05, 0.1) is 0 Å². The number of esters is 3. The standard InChI is InChI=1S/C58H47N7O9S4/c1-35(66)72-45-30-29-39(31-46(45)73-36(2)67)52-62-63-57(78-52)77-33-40-32-75-54-48(53(69)65(54)49(40)55(70)74-50(37-19-9-4-10-20-37)38-21-11-5-12-22-38)60-51(68)47(64-71-3)44-34-76-56(59-44)61-58(41-23-13-6-14-24-41,42-25-15-7-16-26-42)43-27-17-8-18-28-43/h4-31,34,48,50,54H,32-33H2,1-3H3,(H,59,61)(H,60,68)/t48-,54+/m1/s1. The summed E-state index contributed by atoms with van der Waals surface area (Å²) in [5.74, 6) is -2.52. The normalized spacial score (nSPS) is 15.2. The van der Waals surface area contributed by atoms with Crippen LogP contribution in [0.25, 0.3) is 10.6 Å². The van der Waals surface area contributed by atoms with E-state index in [4.69, 9.17) is 24.0 Å². The predicted octanol–water partition coefficient (Wildman–Crippen LogP) is 10.0. The first-order valence-electron chi connectivity index (χ1n) is 24.3. The summed E-state index contributed by atoms with van der Waals surface area (Å²) in [6, 6.07) is 52.5. The van der Waals surface area contributed by atoms with E-state index in [0.29, 0.717) is 31.4 Å². The lowest BCUT2D eigenvalue weighted by molar-refractivity contribution is -0.154. The first-order chi connectivity index (χ1) is 38.0. The average molecular weight is 1110 g/mol. The quantitative estimate of drug-likeness (QED) is 0.0147. The molecule has 2 N–H and O–H groups in total. The number of thioether (sulfide) groups is 2. The number of amides is 2. The molecule has 2 aliphatic heterocycles. The number of carbonyl (C=O) groups is 5. The number of anilines is 1. The van der Waals surface area contributed by atoms with Crippen LogP contribution in [0.5, 0.6) is 11.5 Å². The van der Waals surface area contributed by atoms with Gasteiger partial charge in [0.2, 0.25) is 0 Å². The van der Waals surface area contributed by atoms with Gasteiger partial charge in [0.25, 0.3) is 11.8 Å². The fourth-order valence-corrected chi connectivity index (χ4v) is 13.1. The zero-order valence-corrected chi connectivity index (χ0v) is 45.2. The third-order valence-corrected chi connectivity index (χ3v) is 16.8. The van der Waals surface area contributed by atoms with Crippen molar-refractivity contribution in [1.29, 1.82) is 0 Å². The number of carbonyl (C=O) groups excluding carboxylic acids is 5. The molecule has 4 heterocycles. The van der Waals surface area contributed by atoms with Crippen molar-refractivity contribution in [2.45, 2.75) is 41.2 Å². The largest absolute Gasteiger partial charge is 0.448 e. The molecule has 1 saturated heterocycles. The molecular formula is C58H47N7O9S4. The lowest BCUT2D eigenvalue weighted by atomic mass is 9.77. The summed E-state index contributed by atoms with van der Waals surface area (Å²) in [5.41, 5.74) is 4.72. The Labute approximate surface area is 464 Å². The molecule has 0 unspecified atom stereocenters. The van der Waals surface area contributed by atoms with Crippen LogP contribution >= 0.6 is 46.2 Å². The molecule has 0 saturated carbocycles. The number of ether oxygens (including phenoxy) is 3. The minimum Gasteiger partial charge on any atom is -0.448 e. The number of rotatable bonds is 19. The van der Waals surface area contributed by atoms with E-state index < -0.39 is 52.8 Å². The third-order valence-electron chi connectivity index (χ3n) is 12.5. The molecule has 6 aromatic carbocycles. The summed E-state index contributed by atoms with van der Waals surface area (Å²) in [6.45, 7) is 2.48. The van der Waals surface area contributed by atoms with Crippen LogP contribution in [0.1, 0.15) is 53.5 Å². The second-order valence-corrected chi connectivity index (χ2v) is 21.7. The van der Waals surface area contributed by atoms with E-state index >= 15 is 0 Å². The van der Waals surface area contributed by atoms with Gasteiger partial charge in [-0.1, -0.05) is 180 Å². The number of oxime groups is 1. The van der Waals surface area contributed by atoms with Gasteiger partial charge in [-0.05, 0) is 51.6 Å². The monoisotopic (exact) mass is 1110 g/mol. The Balaban J connectivity index is 0.917. The number of benzene rings is 6. The zero-order chi connectivity index (χ0) is 54.2. The molecule has 8 aromatic rings. The molecule has 1 fully saturated rings. The highest BCUT2D eigenvalue weighted by Gasteiger charge is 2.55. The first kappa shape index (κ1) is 53.0. The fraction of sp³-hybridized carbons (Fsp3) is 0.155. The van der Waals surface area contributed by atoms with Gasteiger partial charge < -0.3 is 29.7 Å². The van der Waals surface area contributed by atoms with E-state index in [2.05, 4.69) is 62.4 Å². The van der Waals surface area contributed by atoms with E-state index in [9.17, 15) is 24.0 Å². The van der Waals surface area contributed by atoms with Gasteiger partial charge in [0.15, 0.2) is 32.8 Å². The summed E-state index contributed by atoms with van der Waals surface area (Å²) in [5, 5.41) is 21.5. The first-order valence-corrected chi connectivity index (χ1v) is 28.0. The topological polar surface area (TPSA) is 201 Å². The summed E-state index contributed by atoms with van der Waals surface area (Å²) < 4.78 is 17.5. The molecule has 2 atom stereocenters. The Morgan fingerprint density at radius 2 is 1.32 bits per heavy atom. The predicted molar refractivity (Wildman–Crippen MR) is 300 cm³/mol. The minimum absolute atomic E-state index is 0.0419. The number of hydrogen-bond acceptors (Lipinski definition) is 18. The molecule has 10 rings (SSSR count). The Bertz CT molecular complexity index is 3410. The number of nitrogens with zero attached hydrogens (tertiary/aromatic N) is 5. The molecular weight excluding hydrogens is 1070 g/mol.